The van der Waals surface area contributed by atoms with Crippen LogP contribution in [0.5, 0.6) is 0 Å². The number of primary amides is 1. The Bertz CT molecular complexity index is 1030. The molecule has 5 N–H and O–H groups in total. The zero-order valence-corrected chi connectivity index (χ0v) is 18.1. The van der Waals surface area contributed by atoms with Crippen molar-refractivity contribution in [3.63, 3.8) is 0 Å². The van der Waals surface area contributed by atoms with Crippen LogP contribution in [-0.4, -0.2) is 46.4 Å². The Balaban J connectivity index is 1.62. The third-order valence-electron chi connectivity index (χ3n) is 4.91. The van der Waals surface area contributed by atoms with E-state index in [0.29, 0.717) is 5.69 Å². The van der Waals surface area contributed by atoms with Gasteiger partial charge in [-0.05, 0) is 11.1 Å². The fourth-order valence-corrected chi connectivity index (χ4v) is 3.24. The molecular weight excluding hydrogens is 422 g/mol. The van der Waals surface area contributed by atoms with Crippen LogP contribution in [0.15, 0.2) is 73.2 Å². The van der Waals surface area contributed by atoms with Gasteiger partial charge in [-0.3, -0.25) is 14.4 Å². The minimum Gasteiger partial charge on any atom is -0.368 e. The van der Waals surface area contributed by atoms with E-state index < -0.39 is 29.8 Å². The highest BCUT2D eigenvalue weighted by Gasteiger charge is 2.26. The van der Waals surface area contributed by atoms with Crippen molar-refractivity contribution in [3.8, 4) is 0 Å². The van der Waals surface area contributed by atoms with Crippen molar-refractivity contribution < 1.29 is 19.1 Å². The van der Waals surface area contributed by atoms with Crippen LogP contribution in [-0.2, 0) is 38.6 Å². The fourth-order valence-electron chi connectivity index (χ4n) is 3.24. The van der Waals surface area contributed by atoms with Gasteiger partial charge in [0.2, 0.25) is 17.7 Å². The highest BCUT2D eigenvalue weighted by molar-refractivity contribution is 5.92. The lowest BCUT2D eigenvalue weighted by Gasteiger charge is -2.22. The second-order valence-corrected chi connectivity index (χ2v) is 7.52. The summed E-state index contributed by atoms with van der Waals surface area (Å²) < 4.78 is 5.47. The van der Waals surface area contributed by atoms with E-state index in [1.54, 1.807) is 6.20 Å². The quantitative estimate of drug-likeness (QED) is 0.325. The minimum absolute atomic E-state index is 0.136. The monoisotopic (exact) mass is 449 g/mol. The summed E-state index contributed by atoms with van der Waals surface area (Å²) in [6, 6.07) is 16.8. The molecule has 3 rings (SSSR count). The summed E-state index contributed by atoms with van der Waals surface area (Å²) in [6.45, 7) is 0.0667. The van der Waals surface area contributed by atoms with E-state index in [1.165, 1.54) is 6.33 Å². The molecule has 0 radical (unpaired) electrons. The molecule has 0 spiro atoms. The number of aromatic nitrogens is 2. The lowest BCUT2D eigenvalue weighted by Crippen LogP contribution is -2.54. The van der Waals surface area contributed by atoms with Crippen LogP contribution >= 0.6 is 0 Å². The van der Waals surface area contributed by atoms with E-state index in [1.807, 2.05) is 60.7 Å². The SMILES string of the molecule is NC(=O)[C@H](Cc1c[nH]cn1)NC(=O)[C@H](Cc1ccccc1)NC(=O)COCc1ccccc1. The second-order valence-electron chi connectivity index (χ2n) is 7.52. The fraction of sp³-hybridized carbons (Fsp3) is 0.250. The number of H-pyrrole nitrogens is 1. The summed E-state index contributed by atoms with van der Waals surface area (Å²) in [5.41, 5.74) is 7.85. The van der Waals surface area contributed by atoms with Gasteiger partial charge in [0.05, 0.1) is 18.6 Å². The summed E-state index contributed by atoms with van der Waals surface area (Å²) in [4.78, 5) is 44.3. The molecule has 3 amide bonds. The van der Waals surface area contributed by atoms with Gasteiger partial charge in [0.25, 0.3) is 0 Å². The van der Waals surface area contributed by atoms with Gasteiger partial charge in [-0.25, -0.2) is 4.98 Å². The number of hydrogen-bond acceptors (Lipinski definition) is 5. The lowest BCUT2D eigenvalue weighted by molar-refractivity contribution is -0.133. The number of imidazole rings is 1. The lowest BCUT2D eigenvalue weighted by atomic mass is 10.0. The highest BCUT2D eigenvalue weighted by atomic mass is 16.5. The number of hydrogen-bond donors (Lipinski definition) is 4. The molecule has 0 fully saturated rings. The number of nitrogens with zero attached hydrogens (tertiary/aromatic N) is 1. The molecule has 9 nitrogen and oxygen atoms in total. The molecule has 0 unspecified atom stereocenters. The molecule has 0 saturated carbocycles. The largest absolute Gasteiger partial charge is 0.368 e. The van der Waals surface area contributed by atoms with Crippen LogP contribution in [0.3, 0.4) is 0 Å². The van der Waals surface area contributed by atoms with E-state index in [2.05, 4.69) is 20.6 Å². The average Bonchev–Trinajstić information content (AvgIpc) is 3.33. The predicted molar refractivity (Wildman–Crippen MR) is 122 cm³/mol. The van der Waals surface area contributed by atoms with Crippen molar-refractivity contribution in [2.24, 2.45) is 5.73 Å². The smallest absolute Gasteiger partial charge is 0.246 e. The summed E-state index contributed by atoms with van der Waals surface area (Å²) in [7, 11) is 0. The number of carbonyl (C=O) groups is 3. The van der Waals surface area contributed by atoms with Crippen LogP contribution < -0.4 is 16.4 Å². The van der Waals surface area contributed by atoms with Gasteiger partial charge in [0.1, 0.15) is 18.7 Å². The Labute approximate surface area is 191 Å². The third kappa shape index (κ3) is 7.89. The standard InChI is InChI=1S/C24H27N5O4/c25-23(31)20(12-19-13-26-16-27-19)29-24(32)21(11-17-7-3-1-4-8-17)28-22(30)15-33-14-18-9-5-2-6-10-18/h1-10,13,16,20-21H,11-12,14-15H2,(H2,25,31)(H,26,27)(H,28,30)(H,29,32)/t20-,21-/m0/s1. The van der Waals surface area contributed by atoms with Gasteiger partial charge < -0.3 is 26.1 Å². The first-order valence-corrected chi connectivity index (χ1v) is 10.5. The summed E-state index contributed by atoms with van der Waals surface area (Å²) >= 11 is 0. The Morgan fingerprint density at radius 2 is 1.58 bits per heavy atom. The number of amides is 3. The number of benzene rings is 2. The van der Waals surface area contributed by atoms with Crippen molar-refractivity contribution in [1.29, 1.82) is 0 Å². The van der Waals surface area contributed by atoms with Gasteiger partial charge in [-0.1, -0.05) is 60.7 Å². The molecule has 1 aromatic heterocycles. The molecule has 3 aromatic rings. The van der Waals surface area contributed by atoms with Gasteiger partial charge >= 0.3 is 0 Å². The molecule has 172 valence electrons. The molecule has 0 aliphatic heterocycles. The molecule has 33 heavy (non-hydrogen) atoms. The number of aromatic amines is 1. The van der Waals surface area contributed by atoms with Crippen molar-refractivity contribution in [2.45, 2.75) is 31.5 Å². The van der Waals surface area contributed by atoms with Gasteiger partial charge in [-0.2, -0.15) is 0 Å². The molecule has 2 aromatic carbocycles. The number of carbonyl (C=O) groups excluding carboxylic acids is 3. The highest BCUT2D eigenvalue weighted by Crippen LogP contribution is 2.06. The van der Waals surface area contributed by atoms with Crippen molar-refractivity contribution in [2.75, 3.05) is 6.61 Å². The van der Waals surface area contributed by atoms with Crippen LogP contribution in [0.4, 0.5) is 0 Å². The number of ether oxygens (including phenoxy) is 1. The summed E-state index contributed by atoms with van der Waals surface area (Å²) in [5.74, 6) is -1.65. The first kappa shape index (κ1) is 23.7. The van der Waals surface area contributed by atoms with Gasteiger partial charge in [0, 0.05) is 19.0 Å². The normalized spacial score (nSPS) is 12.5. The van der Waals surface area contributed by atoms with E-state index in [0.717, 1.165) is 11.1 Å². The molecule has 0 aliphatic rings. The Morgan fingerprint density at radius 3 is 2.18 bits per heavy atom. The van der Waals surface area contributed by atoms with E-state index in [-0.39, 0.29) is 26.1 Å². The first-order valence-electron chi connectivity index (χ1n) is 10.5. The molecule has 0 aliphatic carbocycles. The molecule has 0 saturated heterocycles. The van der Waals surface area contributed by atoms with E-state index in [4.69, 9.17) is 10.5 Å². The van der Waals surface area contributed by atoms with Crippen molar-refractivity contribution in [1.82, 2.24) is 20.6 Å². The van der Waals surface area contributed by atoms with Crippen LogP contribution in [0, 0.1) is 0 Å². The van der Waals surface area contributed by atoms with Crippen molar-refractivity contribution >= 4 is 17.7 Å². The predicted octanol–water partition coefficient (Wildman–Crippen LogP) is 0.867. The van der Waals surface area contributed by atoms with Crippen LogP contribution in [0.2, 0.25) is 0 Å². The molecular formula is C24H27N5O4. The summed E-state index contributed by atoms with van der Waals surface area (Å²) in [5, 5.41) is 5.34. The zero-order chi connectivity index (χ0) is 23.5. The van der Waals surface area contributed by atoms with Gasteiger partial charge in [0.15, 0.2) is 0 Å². The molecule has 2 atom stereocenters. The maximum Gasteiger partial charge on any atom is 0.246 e. The Morgan fingerprint density at radius 1 is 0.909 bits per heavy atom. The zero-order valence-electron chi connectivity index (χ0n) is 18.1. The average molecular weight is 450 g/mol. The third-order valence-corrected chi connectivity index (χ3v) is 4.91. The second kappa shape index (κ2) is 12.2. The topological polar surface area (TPSA) is 139 Å². The Hall–Kier alpha value is -3.98. The number of nitrogens with one attached hydrogen (secondary N) is 3. The van der Waals surface area contributed by atoms with Crippen LogP contribution in [0.25, 0.3) is 0 Å². The molecule has 0 bridgehead atoms. The molecule has 1 heterocycles. The van der Waals surface area contributed by atoms with Crippen molar-refractivity contribution in [3.05, 3.63) is 90.0 Å². The first-order chi connectivity index (χ1) is 16.0. The minimum atomic E-state index is -0.967. The Kier molecular flexibility index (Phi) is 8.72. The van der Waals surface area contributed by atoms with E-state index in [9.17, 15) is 14.4 Å². The maximum absolute atomic E-state index is 13.0. The number of rotatable bonds is 12. The van der Waals surface area contributed by atoms with E-state index >= 15 is 0 Å². The maximum atomic E-state index is 13.0. The van der Waals surface area contributed by atoms with Gasteiger partial charge in [-0.15, -0.1) is 0 Å². The summed E-state index contributed by atoms with van der Waals surface area (Å²) in [6.07, 6.45) is 3.47. The van der Waals surface area contributed by atoms with Crippen LogP contribution in [0.1, 0.15) is 16.8 Å². The number of nitrogens with two attached hydrogens (primary N) is 1. The molecule has 9 heteroatoms.